The number of carbonyl (C=O) groups excluding carboxylic acids is 1. The molecule has 0 aliphatic heterocycles. The fourth-order valence-electron chi connectivity index (χ4n) is 2.28. The summed E-state index contributed by atoms with van der Waals surface area (Å²) in [6.07, 6.45) is 1.07. The van der Waals surface area contributed by atoms with Crippen LogP contribution in [0, 0.1) is 0 Å². The summed E-state index contributed by atoms with van der Waals surface area (Å²) in [7, 11) is 3.39. The summed E-state index contributed by atoms with van der Waals surface area (Å²) < 4.78 is 11.4. The first-order valence-electron chi connectivity index (χ1n) is 8.60. The van der Waals surface area contributed by atoms with E-state index in [9.17, 15) is 4.79 Å². The average Bonchev–Trinajstić information content (AvgIpc) is 2.64. The van der Waals surface area contributed by atoms with Gasteiger partial charge < -0.3 is 14.4 Å². The molecule has 7 heteroatoms. The van der Waals surface area contributed by atoms with E-state index in [0.29, 0.717) is 23.1 Å². The summed E-state index contributed by atoms with van der Waals surface area (Å²) in [6, 6.07) is 12.7. The van der Waals surface area contributed by atoms with Gasteiger partial charge in [-0.1, -0.05) is 11.6 Å². The Morgan fingerprint density at radius 2 is 1.93 bits per heavy atom. The highest BCUT2D eigenvalue weighted by Crippen LogP contribution is 2.29. The third-order valence-electron chi connectivity index (χ3n) is 3.61. The SMILES string of the molecule is CCOc1cc(/C=N\Nc2ccc(Cl)cc2)ccc1O[C@H](C)C(=O)N(C)C. The van der Waals surface area contributed by atoms with Crippen molar-refractivity contribution in [2.45, 2.75) is 20.0 Å². The van der Waals surface area contributed by atoms with Gasteiger partial charge >= 0.3 is 0 Å². The predicted octanol–water partition coefficient (Wildman–Crippen LogP) is 4.04. The molecule has 0 saturated heterocycles. The minimum Gasteiger partial charge on any atom is -0.490 e. The first kappa shape index (κ1) is 20.6. The van der Waals surface area contributed by atoms with Crippen molar-refractivity contribution in [1.82, 2.24) is 4.90 Å². The highest BCUT2D eigenvalue weighted by molar-refractivity contribution is 6.30. The number of nitrogens with zero attached hydrogens (tertiary/aromatic N) is 2. The lowest BCUT2D eigenvalue weighted by atomic mass is 10.2. The van der Waals surface area contributed by atoms with Crippen molar-refractivity contribution in [2.24, 2.45) is 5.10 Å². The number of hydrogen-bond donors (Lipinski definition) is 1. The molecule has 0 fully saturated rings. The fraction of sp³-hybridized carbons (Fsp3) is 0.300. The van der Waals surface area contributed by atoms with Crippen LogP contribution < -0.4 is 14.9 Å². The van der Waals surface area contributed by atoms with Gasteiger partial charge in [0.1, 0.15) is 0 Å². The Hall–Kier alpha value is -2.73. The topological polar surface area (TPSA) is 63.2 Å². The van der Waals surface area contributed by atoms with Gasteiger partial charge in [0.2, 0.25) is 0 Å². The first-order chi connectivity index (χ1) is 12.9. The molecule has 0 radical (unpaired) electrons. The molecule has 2 rings (SSSR count). The minimum absolute atomic E-state index is 0.116. The van der Waals surface area contributed by atoms with E-state index in [-0.39, 0.29) is 5.91 Å². The van der Waals surface area contributed by atoms with Crippen LogP contribution in [-0.4, -0.2) is 43.8 Å². The molecule has 144 valence electrons. The van der Waals surface area contributed by atoms with E-state index in [1.165, 1.54) is 4.90 Å². The molecule has 0 aliphatic carbocycles. The molecular weight excluding hydrogens is 366 g/mol. The molecule has 0 bridgehead atoms. The third kappa shape index (κ3) is 6.18. The molecule has 1 atom stereocenters. The summed E-state index contributed by atoms with van der Waals surface area (Å²) in [5.41, 5.74) is 4.60. The van der Waals surface area contributed by atoms with Crippen LogP contribution >= 0.6 is 11.6 Å². The van der Waals surface area contributed by atoms with Crippen molar-refractivity contribution in [1.29, 1.82) is 0 Å². The number of halogens is 1. The molecular formula is C20H24ClN3O3. The maximum Gasteiger partial charge on any atom is 0.262 e. The molecule has 0 aliphatic rings. The molecule has 0 heterocycles. The second kappa shape index (κ2) is 9.83. The average molecular weight is 390 g/mol. The van der Waals surface area contributed by atoms with E-state index in [2.05, 4.69) is 10.5 Å². The quantitative estimate of drug-likeness (QED) is 0.546. The molecule has 1 amide bonds. The first-order valence-corrected chi connectivity index (χ1v) is 8.97. The van der Waals surface area contributed by atoms with E-state index in [4.69, 9.17) is 21.1 Å². The highest BCUT2D eigenvalue weighted by Gasteiger charge is 2.18. The zero-order valence-electron chi connectivity index (χ0n) is 15.9. The molecule has 2 aromatic carbocycles. The van der Waals surface area contributed by atoms with Gasteiger partial charge in [-0.3, -0.25) is 10.2 Å². The summed E-state index contributed by atoms with van der Waals surface area (Å²) in [6.45, 7) is 4.08. The highest BCUT2D eigenvalue weighted by atomic mass is 35.5. The smallest absolute Gasteiger partial charge is 0.262 e. The Bertz CT molecular complexity index is 792. The number of hydrogen-bond acceptors (Lipinski definition) is 5. The van der Waals surface area contributed by atoms with Crippen molar-refractivity contribution in [3.05, 3.63) is 53.1 Å². The predicted molar refractivity (Wildman–Crippen MR) is 109 cm³/mol. The zero-order valence-corrected chi connectivity index (χ0v) is 16.7. The van der Waals surface area contributed by atoms with Crippen LogP contribution in [-0.2, 0) is 4.79 Å². The molecule has 6 nitrogen and oxygen atoms in total. The number of likely N-dealkylation sites (N-methyl/N-ethyl adjacent to an activating group) is 1. The Morgan fingerprint density at radius 1 is 1.22 bits per heavy atom. The normalized spacial score (nSPS) is 11.9. The number of benzene rings is 2. The van der Waals surface area contributed by atoms with Crippen molar-refractivity contribution >= 4 is 29.4 Å². The van der Waals surface area contributed by atoms with Crippen LogP contribution in [0.1, 0.15) is 19.4 Å². The monoisotopic (exact) mass is 389 g/mol. The van der Waals surface area contributed by atoms with Gasteiger partial charge in [-0.2, -0.15) is 5.10 Å². The van der Waals surface area contributed by atoms with Crippen molar-refractivity contribution in [3.63, 3.8) is 0 Å². The van der Waals surface area contributed by atoms with Crippen molar-refractivity contribution in [3.8, 4) is 11.5 Å². The van der Waals surface area contributed by atoms with Crippen LogP contribution in [0.5, 0.6) is 11.5 Å². The maximum absolute atomic E-state index is 12.0. The Morgan fingerprint density at radius 3 is 2.56 bits per heavy atom. The van der Waals surface area contributed by atoms with E-state index in [1.54, 1.807) is 45.4 Å². The van der Waals surface area contributed by atoms with E-state index >= 15 is 0 Å². The number of ether oxygens (including phenoxy) is 2. The van der Waals surface area contributed by atoms with E-state index < -0.39 is 6.10 Å². The molecule has 2 aromatic rings. The lowest BCUT2D eigenvalue weighted by Gasteiger charge is -2.20. The second-order valence-electron chi connectivity index (χ2n) is 6.01. The number of rotatable bonds is 8. The number of amides is 1. The molecule has 1 N–H and O–H groups in total. The number of carbonyl (C=O) groups is 1. The number of anilines is 1. The van der Waals surface area contributed by atoms with Gasteiger partial charge in [-0.05, 0) is 61.9 Å². The molecule has 0 spiro atoms. The van der Waals surface area contributed by atoms with Gasteiger partial charge in [-0.15, -0.1) is 0 Å². The fourth-order valence-corrected chi connectivity index (χ4v) is 2.41. The molecule has 0 aromatic heterocycles. The molecule has 0 unspecified atom stereocenters. The van der Waals surface area contributed by atoms with E-state index in [1.807, 2.05) is 31.2 Å². The van der Waals surface area contributed by atoms with Gasteiger partial charge in [0, 0.05) is 19.1 Å². The Kier molecular flexibility index (Phi) is 7.49. The molecule has 27 heavy (non-hydrogen) atoms. The lowest BCUT2D eigenvalue weighted by Crippen LogP contribution is -2.35. The number of nitrogens with one attached hydrogen (secondary N) is 1. The second-order valence-corrected chi connectivity index (χ2v) is 6.45. The summed E-state index contributed by atoms with van der Waals surface area (Å²) >= 11 is 5.86. The molecule has 0 saturated carbocycles. The van der Waals surface area contributed by atoms with Crippen molar-refractivity contribution in [2.75, 3.05) is 26.1 Å². The minimum atomic E-state index is -0.606. The standard InChI is InChI=1S/C20H24ClN3O3/c1-5-26-19-12-15(13-22-23-17-9-7-16(21)8-10-17)6-11-18(19)27-14(2)20(25)24(3)4/h6-14,23H,5H2,1-4H3/b22-13-/t14-/m1/s1. The summed E-state index contributed by atoms with van der Waals surface area (Å²) in [5.74, 6) is 0.962. The number of hydrazone groups is 1. The van der Waals surface area contributed by atoms with Crippen LogP contribution in [0.3, 0.4) is 0 Å². The largest absolute Gasteiger partial charge is 0.490 e. The van der Waals surface area contributed by atoms with Gasteiger partial charge in [-0.25, -0.2) is 0 Å². The van der Waals surface area contributed by atoms with Crippen molar-refractivity contribution < 1.29 is 14.3 Å². The van der Waals surface area contributed by atoms with Crippen LogP contribution in [0.4, 0.5) is 5.69 Å². The Labute approximate surface area is 164 Å². The maximum atomic E-state index is 12.0. The van der Waals surface area contributed by atoms with Crippen LogP contribution in [0.25, 0.3) is 0 Å². The summed E-state index contributed by atoms with van der Waals surface area (Å²) in [4.78, 5) is 13.5. The Balaban J connectivity index is 2.10. The lowest BCUT2D eigenvalue weighted by molar-refractivity contribution is -0.135. The van der Waals surface area contributed by atoms with Gasteiger partial charge in [0.25, 0.3) is 5.91 Å². The zero-order chi connectivity index (χ0) is 19.8. The van der Waals surface area contributed by atoms with E-state index in [0.717, 1.165) is 11.3 Å². The van der Waals surface area contributed by atoms with Gasteiger partial charge in [0.05, 0.1) is 18.5 Å². The van der Waals surface area contributed by atoms with Crippen LogP contribution in [0.15, 0.2) is 47.6 Å². The van der Waals surface area contributed by atoms with Gasteiger partial charge in [0.15, 0.2) is 17.6 Å². The van der Waals surface area contributed by atoms with Crippen LogP contribution in [0.2, 0.25) is 5.02 Å². The summed E-state index contributed by atoms with van der Waals surface area (Å²) in [5, 5.41) is 4.88. The third-order valence-corrected chi connectivity index (χ3v) is 3.86.